The lowest BCUT2D eigenvalue weighted by atomic mass is 10.1. The predicted octanol–water partition coefficient (Wildman–Crippen LogP) is 3.06. The summed E-state index contributed by atoms with van der Waals surface area (Å²) >= 11 is 1.13. The fourth-order valence-corrected chi connectivity index (χ4v) is 3.53. The van der Waals surface area contributed by atoms with Gasteiger partial charge in [-0.3, -0.25) is 14.2 Å². The van der Waals surface area contributed by atoms with Gasteiger partial charge in [0.2, 0.25) is 11.9 Å². The van der Waals surface area contributed by atoms with Crippen molar-refractivity contribution in [3.05, 3.63) is 29.8 Å². The minimum absolute atomic E-state index is 0.0614. The molecule has 3 N–H and O–H groups in total. The van der Waals surface area contributed by atoms with Gasteiger partial charge < -0.3 is 15.8 Å². The third-order valence-electron chi connectivity index (χ3n) is 4.28. The summed E-state index contributed by atoms with van der Waals surface area (Å²) in [7, 11) is 1.32. The zero-order chi connectivity index (χ0) is 20.5. The Kier molecular flexibility index (Phi) is 8.31. The predicted molar refractivity (Wildman–Crippen MR) is 110 cm³/mol. The Morgan fingerprint density at radius 3 is 2.57 bits per heavy atom. The second-order valence-corrected chi connectivity index (χ2v) is 7.23. The molecule has 0 fully saturated rings. The Labute approximate surface area is 169 Å². The van der Waals surface area contributed by atoms with E-state index in [4.69, 9.17) is 5.73 Å². The molecule has 0 aliphatic rings. The topological polar surface area (TPSA) is 112 Å². The molecule has 28 heavy (non-hydrogen) atoms. The number of ether oxygens (including phenoxy) is 1. The lowest BCUT2D eigenvalue weighted by molar-refractivity contribution is -0.137. The number of carbonyl (C=O) groups excluding carboxylic acids is 2. The Hall–Kier alpha value is -2.55. The van der Waals surface area contributed by atoms with Gasteiger partial charge in [0.05, 0.1) is 12.9 Å². The number of benzene rings is 1. The highest BCUT2D eigenvalue weighted by molar-refractivity contribution is 7.99. The number of unbranched alkanes of at least 4 members (excludes halogenated alkanes) is 1. The first-order valence-electron chi connectivity index (χ1n) is 9.29. The summed E-state index contributed by atoms with van der Waals surface area (Å²) in [6.07, 6.45) is 3.81. The molecule has 0 bridgehead atoms. The number of thioether (sulfide) groups is 1. The molecule has 1 aromatic carbocycles. The number of anilines is 2. The minimum Gasteiger partial charge on any atom is -0.468 e. The quantitative estimate of drug-likeness (QED) is 0.461. The molecule has 0 saturated heterocycles. The fourth-order valence-electron chi connectivity index (χ4n) is 2.71. The van der Waals surface area contributed by atoms with Gasteiger partial charge in [-0.1, -0.05) is 44.2 Å². The van der Waals surface area contributed by atoms with E-state index in [0.717, 1.165) is 36.7 Å². The van der Waals surface area contributed by atoms with Gasteiger partial charge in [-0.25, -0.2) is 0 Å². The normalized spacial score (nSPS) is 11.8. The van der Waals surface area contributed by atoms with Crippen LogP contribution in [0.5, 0.6) is 0 Å². The van der Waals surface area contributed by atoms with E-state index >= 15 is 0 Å². The van der Waals surface area contributed by atoms with Crippen LogP contribution in [0.25, 0.3) is 0 Å². The molecule has 1 atom stereocenters. The third-order valence-corrected chi connectivity index (χ3v) is 5.20. The van der Waals surface area contributed by atoms with Crippen LogP contribution in [0.4, 0.5) is 11.6 Å². The second-order valence-electron chi connectivity index (χ2n) is 6.29. The highest BCUT2D eigenvalue weighted by atomic mass is 32.2. The van der Waals surface area contributed by atoms with Crippen molar-refractivity contribution in [2.75, 3.05) is 23.9 Å². The van der Waals surface area contributed by atoms with Crippen LogP contribution in [0, 0.1) is 0 Å². The van der Waals surface area contributed by atoms with Crippen molar-refractivity contribution in [2.45, 2.75) is 50.7 Å². The number of hydrogen-bond donors (Lipinski definition) is 2. The SMILES string of the molecule is CCCCc1ccc(NC(=O)C(CC)n2c(N)nnc2SCC(=O)OC)cc1. The van der Waals surface area contributed by atoms with Crippen molar-refractivity contribution >= 4 is 35.3 Å². The van der Waals surface area contributed by atoms with Gasteiger partial charge in [0.15, 0.2) is 5.16 Å². The summed E-state index contributed by atoms with van der Waals surface area (Å²) in [5.41, 5.74) is 7.90. The standard InChI is InChI=1S/C19H27N5O3S/c1-4-6-7-13-8-10-14(11-9-13)21-17(26)15(5-2)24-18(20)22-23-19(24)28-12-16(25)27-3/h8-11,15H,4-7,12H2,1-3H3,(H2,20,22)(H,21,26). The molecule has 2 rings (SSSR count). The van der Waals surface area contributed by atoms with Crippen LogP contribution in [-0.2, 0) is 20.7 Å². The summed E-state index contributed by atoms with van der Waals surface area (Å²) in [5.74, 6) is -0.412. The molecule has 8 nitrogen and oxygen atoms in total. The molecule has 1 unspecified atom stereocenters. The van der Waals surface area contributed by atoms with Gasteiger partial charge in [0.1, 0.15) is 6.04 Å². The lowest BCUT2D eigenvalue weighted by Crippen LogP contribution is -2.27. The first-order valence-corrected chi connectivity index (χ1v) is 10.3. The summed E-state index contributed by atoms with van der Waals surface area (Å²) in [6.45, 7) is 4.04. The van der Waals surface area contributed by atoms with Crippen LogP contribution in [0.3, 0.4) is 0 Å². The molecule has 2 aromatic rings. The van der Waals surface area contributed by atoms with E-state index in [1.165, 1.54) is 12.7 Å². The maximum atomic E-state index is 12.9. The molecule has 1 heterocycles. The molecule has 0 spiro atoms. The number of aromatic nitrogens is 3. The van der Waals surface area contributed by atoms with E-state index in [1.54, 1.807) is 4.57 Å². The van der Waals surface area contributed by atoms with Crippen LogP contribution in [0.15, 0.2) is 29.4 Å². The minimum atomic E-state index is -0.588. The number of aryl methyl sites for hydroxylation is 1. The Morgan fingerprint density at radius 2 is 1.96 bits per heavy atom. The number of nitrogens with zero attached hydrogens (tertiary/aromatic N) is 3. The fraction of sp³-hybridized carbons (Fsp3) is 0.474. The van der Waals surface area contributed by atoms with Gasteiger partial charge in [-0.15, -0.1) is 10.2 Å². The number of nitrogens with two attached hydrogens (primary N) is 1. The monoisotopic (exact) mass is 405 g/mol. The number of rotatable bonds is 10. The van der Waals surface area contributed by atoms with Crippen LogP contribution >= 0.6 is 11.8 Å². The summed E-state index contributed by atoms with van der Waals surface area (Å²) in [4.78, 5) is 24.3. The van der Waals surface area contributed by atoms with Crippen LogP contribution in [0.1, 0.15) is 44.7 Å². The molecule has 152 valence electrons. The van der Waals surface area contributed by atoms with E-state index in [9.17, 15) is 9.59 Å². The van der Waals surface area contributed by atoms with Crippen molar-refractivity contribution in [1.82, 2.24) is 14.8 Å². The Morgan fingerprint density at radius 1 is 1.25 bits per heavy atom. The van der Waals surface area contributed by atoms with Crippen molar-refractivity contribution in [3.8, 4) is 0 Å². The molecule has 0 aliphatic heterocycles. The van der Waals surface area contributed by atoms with Crippen molar-refractivity contribution in [1.29, 1.82) is 0 Å². The van der Waals surface area contributed by atoms with Gasteiger partial charge in [-0.2, -0.15) is 0 Å². The molecule has 9 heteroatoms. The van der Waals surface area contributed by atoms with E-state index in [1.807, 2.05) is 31.2 Å². The first-order chi connectivity index (χ1) is 13.5. The number of nitrogen functional groups attached to an aromatic ring is 1. The van der Waals surface area contributed by atoms with Crippen LogP contribution in [0.2, 0.25) is 0 Å². The maximum Gasteiger partial charge on any atom is 0.316 e. The highest BCUT2D eigenvalue weighted by Gasteiger charge is 2.25. The highest BCUT2D eigenvalue weighted by Crippen LogP contribution is 2.26. The molecule has 0 radical (unpaired) electrons. The van der Waals surface area contributed by atoms with Gasteiger partial charge in [-0.05, 0) is 37.0 Å². The summed E-state index contributed by atoms with van der Waals surface area (Å²) in [6, 6.07) is 7.26. The Bertz CT molecular complexity index is 791. The van der Waals surface area contributed by atoms with Gasteiger partial charge in [0, 0.05) is 5.69 Å². The average molecular weight is 406 g/mol. The Balaban J connectivity index is 2.11. The number of esters is 1. The molecule has 0 aliphatic carbocycles. The van der Waals surface area contributed by atoms with Crippen LogP contribution < -0.4 is 11.1 Å². The van der Waals surface area contributed by atoms with E-state index in [0.29, 0.717) is 11.6 Å². The second kappa shape index (κ2) is 10.7. The van der Waals surface area contributed by atoms with Crippen LogP contribution in [-0.4, -0.2) is 39.5 Å². The summed E-state index contributed by atoms with van der Waals surface area (Å²) < 4.78 is 6.19. The largest absolute Gasteiger partial charge is 0.468 e. The van der Waals surface area contributed by atoms with Crippen molar-refractivity contribution in [2.24, 2.45) is 0 Å². The lowest BCUT2D eigenvalue weighted by Gasteiger charge is -2.19. The van der Waals surface area contributed by atoms with Gasteiger partial charge >= 0.3 is 5.97 Å². The van der Waals surface area contributed by atoms with E-state index < -0.39 is 12.0 Å². The smallest absolute Gasteiger partial charge is 0.316 e. The van der Waals surface area contributed by atoms with Crippen molar-refractivity contribution < 1.29 is 14.3 Å². The zero-order valence-corrected chi connectivity index (χ0v) is 17.3. The number of nitrogens with one attached hydrogen (secondary N) is 1. The number of methoxy groups -OCH3 is 1. The molecule has 0 saturated carbocycles. The van der Waals surface area contributed by atoms with E-state index in [-0.39, 0.29) is 17.6 Å². The molecular formula is C19H27N5O3S. The number of hydrogen-bond acceptors (Lipinski definition) is 7. The van der Waals surface area contributed by atoms with E-state index in [2.05, 4.69) is 27.2 Å². The van der Waals surface area contributed by atoms with Gasteiger partial charge in [0.25, 0.3) is 0 Å². The maximum absolute atomic E-state index is 12.9. The molecule has 1 aromatic heterocycles. The number of carbonyl (C=O) groups is 2. The third kappa shape index (κ3) is 5.72. The van der Waals surface area contributed by atoms with Crippen molar-refractivity contribution in [3.63, 3.8) is 0 Å². The molecule has 1 amide bonds. The molecular weight excluding hydrogens is 378 g/mol. The number of amides is 1. The first kappa shape index (κ1) is 21.7. The summed E-state index contributed by atoms with van der Waals surface area (Å²) in [5, 5.41) is 11.2. The average Bonchev–Trinajstić information content (AvgIpc) is 3.06. The zero-order valence-electron chi connectivity index (χ0n) is 16.5.